The molecule has 1 heterocycles. The van der Waals surface area contributed by atoms with Crippen LogP contribution in [0.4, 0.5) is 5.69 Å². The first kappa shape index (κ1) is 28.7. The Bertz CT molecular complexity index is 1330. The van der Waals surface area contributed by atoms with Crippen molar-refractivity contribution in [2.45, 2.75) is 30.9 Å². The zero-order chi connectivity index (χ0) is 27.5. The van der Waals surface area contributed by atoms with Crippen LogP contribution in [0.15, 0.2) is 47.4 Å². The van der Waals surface area contributed by atoms with Crippen LogP contribution >= 0.6 is 0 Å². The van der Waals surface area contributed by atoms with Crippen molar-refractivity contribution in [3.05, 3.63) is 48.0 Å². The molecule has 0 saturated carbocycles. The largest absolute Gasteiger partial charge is 0.497 e. The number of fused-ring (bicyclic) bond motifs is 1. The average Bonchev–Trinajstić information content (AvgIpc) is 2.85. The molecule has 13 heteroatoms. The third-order valence-electron chi connectivity index (χ3n) is 6.17. The zero-order valence-electron chi connectivity index (χ0n) is 21.4. The molecule has 0 spiro atoms. The molecular formula is C24H33N3O8S2. The number of likely N-dealkylation sites (N-methyl/N-ethyl adjacent to an activating group) is 1. The van der Waals surface area contributed by atoms with Crippen molar-refractivity contribution in [1.29, 1.82) is 0 Å². The maximum Gasteiger partial charge on any atom is 0.258 e. The highest BCUT2D eigenvalue weighted by molar-refractivity contribution is 7.92. The lowest BCUT2D eigenvalue weighted by Gasteiger charge is -2.38. The van der Waals surface area contributed by atoms with Crippen LogP contribution in [-0.2, 0) is 20.0 Å². The van der Waals surface area contributed by atoms with Gasteiger partial charge in [-0.3, -0.25) is 9.52 Å². The summed E-state index contributed by atoms with van der Waals surface area (Å²) in [4.78, 5) is 15.0. The van der Waals surface area contributed by atoms with Crippen molar-refractivity contribution < 1.29 is 36.2 Å². The quantitative estimate of drug-likeness (QED) is 0.475. The number of hydrogen-bond acceptors (Lipinski definition) is 8. The van der Waals surface area contributed by atoms with Gasteiger partial charge >= 0.3 is 0 Å². The Balaban J connectivity index is 1.97. The summed E-state index contributed by atoms with van der Waals surface area (Å²) in [6.07, 6.45) is 0.339. The highest BCUT2D eigenvalue weighted by Crippen LogP contribution is 2.31. The van der Waals surface area contributed by atoms with Crippen molar-refractivity contribution in [3.63, 3.8) is 0 Å². The number of amides is 1. The molecule has 2 aromatic rings. The monoisotopic (exact) mass is 555 g/mol. The fourth-order valence-electron chi connectivity index (χ4n) is 4.00. The smallest absolute Gasteiger partial charge is 0.258 e. The van der Waals surface area contributed by atoms with E-state index in [-0.39, 0.29) is 47.5 Å². The van der Waals surface area contributed by atoms with Crippen molar-refractivity contribution in [2.75, 3.05) is 44.8 Å². The van der Waals surface area contributed by atoms with E-state index in [1.807, 2.05) is 6.92 Å². The van der Waals surface area contributed by atoms with Gasteiger partial charge in [0.25, 0.3) is 5.91 Å². The van der Waals surface area contributed by atoms with Crippen molar-refractivity contribution in [3.8, 4) is 11.5 Å². The van der Waals surface area contributed by atoms with Crippen LogP contribution in [0.1, 0.15) is 24.2 Å². The number of benzene rings is 2. The summed E-state index contributed by atoms with van der Waals surface area (Å²) in [5, 5.41) is 9.78. The summed E-state index contributed by atoms with van der Waals surface area (Å²) in [5.41, 5.74) is 0.283. The molecule has 1 amide bonds. The van der Waals surface area contributed by atoms with E-state index in [2.05, 4.69) is 4.72 Å². The molecule has 0 unspecified atom stereocenters. The van der Waals surface area contributed by atoms with Gasteiger partial charge in [0.2, 0.25) is 20.0 Å². The Hall–Kier alpha value is -2.87. The molecule has 0 saturated heterocycles. The van der Waals surface area contributed by atoms with Crippen LogP contribution in [0.2, 0.25) is 0 Å². The fraction of sp³-hybridized carbons (Fsp3) is 0.458. The van der Waals surface area contributed by atoms with Crippen LogP contribution in [0.3, 0.4) is 0 Å². The summed E-state index contributed by atoms with van der Waals surface area (Å²) < 4.78 is 64.7. The Kier molecular flexibility index (Phi) is 8.73. The van der Waals surface area contributed by atoms with Crippen molar-refractivity contribution >= 4 is 31.6 Å². The predicted molar refractivity (Wildman–Crippen MR) is 139 cm³/mol. The molecule has 3 rings (SSSR count). The van der Waals surface area contributed by atoms with Gasteiger partial charge in [0.05, 0.1) is 43.0 Å². The minimum absolute atomic E-state index is 0.0200. The van der Waals surface area contributed by atoms with E-state index in [0.717, 1.165) is 6.26 Å². The van der Waals surface area contributed by atoms with E-state index in [0.29, 0.717) is 5.75 Å². The minimum Gasteiger partial charge on any atom is -0.497 e. The van der Waals surface area contributed by atoms with Crippen molar-refractivity contribution in [2.24, 2.45) is 5.92 Å². The minimum atomic E-state index is -3.86. The summed E-state index contributed by atoms with van der Waals surface area (Å²) >= 11 is 0. The number of sulfonamides is 2. The normalized spacial score (nSPS) is 19.4. The number of carbonyl (C=O) groups is 1. The number of hydrogen-bond donors (Lipinski definition) is 2. The number of rotatable bonds is 9. The van der Waals surface area contributed by atoms with Gasteiger partial charge in [0.1, 0.15) is 17.6 Å². The van der Waals surface area contributed by atoms with Gasteiger partial charge < -0.3 is 19.5 Å². The molecule has 2 N–H and O–H groups in total. The molecule has 0 fully saturated rings. The van der Waals surface area contributed by atoms with Crippen LogP contribution in [0.5, 0.6) is 11.5 Å². The van der Waals surface area contributed by atoms with Gasteiger partial charge in [-0.15, -0.1) is 0 Å². The van der Waals surface area contributed by atoms with Crippen LogP contribution in [-0.4, -0.2) is 89.3 Å². The summed E-state index contributed by atoms with van der Waals surface area (Å²) in [5.74, 6) is -0.0275. The van der Waals surface area contributed by atoms with Crippen LogP contribution in [0.25, 0.3) is 0 Å². The first-order valence-corrected chi connectivity index (χ1v) is 14.9. The third kappa shape index (κ3) is 6.72. The summed E-state index contributed by atoms with van der Waals surface area (Å²) in [7, 11) is -4.50. The number of carbonyl (C=O) groups excluding carboxylic acids is 1. The number of ether oxygens (including phenoxy) is 2. The number of nitrogens with one attached hydrogen (secondary N) is 1. The SMILES string of the molecule is COc1ccc(S(=O)(=O)N(C)C[C@@H]2Oc3ccc(NS(C)(=O)=O)cc3C(=O)N([C@@H](C)CO)C[C@H]2C)cc1. The molecular weight excluding hydrogens is 522 g/mol. The summed E-state index contributed by atoms with van der Waals surface area (Å²) in [6, 6.07) is 9.83. The molecule has 11 nitrogen and oxygen atoms in total. The number of methoxy groups -OCH3 is 1. The van der Waals surface area contributed by atoms with Gasteiger partial charge in [-0.2, -0.15) is 4.31 Å². The number of aliphatic hydroxyl groups is 1. The van der Waals surface area contributed by atoms with Gasteiger partial charge in [-0.05, 0) is 49.4 Å². The fourth-order valence-corrected chi connectivity index (χ4v) is 5.74. The topological polar surface area (TPSA) is 143 Å². The second-order valence-electron chi connectivity index (χ2n) is 9.17. The Morgan fingerprint density at radius 1 is 1.19 bits per heavy atom. The standard InChI is InChI=1S/C24H33N3O8S2/c1-16-13-27(17(2)15-28)24(29)21-12-18(25-36(5,30)31)6-11-22(21)35-23(16)14-26(3)37(32,33)20-9-7-19(34-4)8-10-20/h6-12,16-17,23,25,28H,13-15H2,1-5H3/t16-,17+,23+/m1/s1. The first-order chi connectivity index (χ1) is 17.3. The highest BCUT2D eigenvalue weighted by atomic mass is 32.2. The zero-order valence-corrected chi connectivity index (χ0v) is 23.0. The lowest BCUT2D eigenvalue weighted by Crippen LogP contribution is -2.50. The molecule has 37 heavy (non-hydrogen) atoms. The molecule has 0 radical (unpaired) electrons. The Labute approximate surface area is 218 Å². The lowest BCUT2D eigenvalue weighted by atomic mass is 9.99. The Morgan fingerprint density at radius 2 is 1.84 bits per heavy atom. The van der Waals surface area contributed by atoms with Gasteiger partial charge in [0.15, 0.2) is 0 Å². The number of anilines is 1. The maximum atomic E-state index is 13.4. The molecule has 0 bridgehead atoms. The van der Waals surface area contributed by atoms with Gasteiger partial charge in [-0.25, -0.2) is 16.8 Å². The molecule has 3 atom stereocenters. The van der Waals surface area contributed by atoms with E-state index in [9.17, 15) is 26.7 Å². The van der Waals surface area contributed by atoms with E-state index in [1.165, 1.54) is 53.7 Å². The second-order valence-corrected chi connectivity index (χ2v) is 13.0. The molecule has 204 valence electrons. The van der Waals surface area contributed by atoms with E-state index in [4.69, 9.17) is 9.47 Å². The van der Waals surface area contributed by atoms with E-state index < -0.39 is 38.1 Å². The van der Waals surface area contributed by atoms with Gasteiger partial charge in [-0.1, -0.05) is 6.92 Å². The van der Waals surface area contributed by atoms with Crippen LogP contribution in [0, 0.1) is 5.92 Å². The first-order valence-electron chi connectivity index (χ1n) is 11.6. The third-order valence-corrected chi connectivity index (χ3v) is 8.62. The predicted octanol–water partition coefficient (Wildman–Crippen LogP) is 1.61. The second kappa shape index (κ2) is 11.3. The van der Waals surface area contributed by atoms with Crippen molar-refractivity contribution in [1.82, 2.24) is 9.21 Å². The molecule has 0 aromatic heterocycles. The van der Waals surface area contributed by atoms with E-state index >= 15 is 0 Å². The number of aliphatic hydroxyl groups excluding tert-OH is 1. The molecule has 1 aliphatic rings. The maximum absolute atomic E-state index is 13.4. The Morgan fingerprint density at radius 3 is 2.41 bits per heavy atom. The van der Waals surface area contributed by atoms with Gasteiger partial charge in [0, 0.05) is 25.2 Å². The van der Waals surface area contributed by atoms with Crippen LogP contribution < -0.4 is 14.2 Å². The molecule has 1 aliphatic heterocycles. The van der Waals surface area contributed by atoms with E-state index in [1.54, 1.807) is 19.1 Å². The summed E-state index contributed by atoms with van der Waals surface area (Å²) in [6.45, 7) is 3.42. The molecule has 2 aromatic carbocycles. The lowest BCUT2D eigenvalue weighted by molar-refractivity contribution is 0.0387. The molecule has 0 aliphatic carbocycles. The highest BCUT2D eigenvalue weighted by Gasteiger charge is 2.35. The average molecular weight is 556 g/mol. The number of nitrogens with zero attached hydrogens (tertiary/aromatic N) is 2.